The zero-order valence-corrected chi connectivity index (χ0v) is 17.8. The minimum Gasteiger partial charge on any atom is -0.303 e. The highest BCUT2D eigenvalue weighted by atomic mass is 32.1. The van der Waals surface area contributed by atoms with E-state index in [9.17, 15) is 4.39 Å². The largest absolute Gasteiger partial charge is 0.303 e. The first-order chi connectivity index (χ1) is 14.2. The van der Waals surface area contributed by atoms with E-state index >= 15 is 0 Å². The van der Waals surface area contributed by atoms with Gasteiger partial charge in [-0.05, 0) is 68.6 Å². The molecular weight excluding hydrogens is 383 g/mol. The van der Waals surface area contributed by atoms with Crippen LogP contribution < -0.4 is 0 Å². The number of aromatic nitrogens is 2. The van der Waals surface area contributed by atoms with E-state index < -0.39 is 0 Å². The Hall–Kier alpha value is -2.02. The van der Waals surface area contributed by atoms with E-state index in [1.165, 1.54) is 30.6 Å². The van der Waals surface area contributed by atoms with E-state index in [0.717, 1.165) is 37.7 Å². The molecule has 6 heteroatoms. The molecule has 0 unspecified atom stereocenters. The van der Waals surface area contributed by atoms with Gasteiger partial charge in [-0.25, -0.2) is 9.37 Å². The molecule has 0 aliphatic carbocycles. The molecule has 1 aromatic carbocycles. The van der Waals surface area contributed by atoms with Crippen LogP contribution in [0.15, 0.2) is 54.2 Å². The molecule has 4 rings (SSSR count). The predicted octanol–water partition coefficient (Wildman–Crippen LogP) is 4.46. The van der Waals surface area contributed by atoms with E-state index in [1.807, 2.05) is 23.7 Å². The number of likely N-dealkylation sites (tertiary alicyclic amines) is 1. The van der Waals surface area contributed by atoms with Crippen molar-refractivity contribution in [3.05, 3.63) is 71.2 Å². The fourth-order valence-electron chi connectivity index (χ4n) is 4.29. The number of hydrogen-bond acceptors (Lipinski definition) is 4. The molecule has 154 valence electrons. The Morgan fingerprint density at radius 1 is 1.24 bits per heavy atom. The van der Waals surface area contributed by atoms with Crippen molar-refractivity contribution in [3.63, 3.8) is 0 Å². The van der Waals surface area contributed by atoms with Crippen LogP contribution in [0.2, 0.25) is 0 Å². The molecule has 3 aromatic rings. The van der Waals surface area contributed by atoms with Gasteiger partial charge in [-0.15, -0.1) is 11.3 Å². The third-order valence-corrected chi connectivity index (χ3v) is 6.46. The second-order valence-electron chi connectivity index (χ2n) is 8.07. The molecule has 0 N–H and O–H groups in total. The molecule has 1 fully saturated rings. The molecule has 1 aliphatic rings. The lowest BCUT2D eigenvalue weighted by atomic mass is 9.97. The van der Waals surface area contributed by atoms with E-state index in [1.54, 1.807) is 23.5 Å². The molecule has 0 amide bonds. The van der Waals surface area contributed by atoms with Crippen LogP contribution in [0.3, 0.4) is 0 Å². The van der Waals surface area contributed by atoms with Gasteiger partial charge in [0, 0.05) is 49.6 Å². The number of thiazole rings is 1. The van der Waals surface area contributed by atoms with Crippen LogP contribution in [0.5, 0.6) is 0 Å². The van der Waals surface area contributed by atoms with Gasteiger partial charge in [-0.1, -0.05) is 12.1 Å². The van der Waals surface area contributed by atoms with Crippen molar-refractivity contribution < 1.29 is 4.39 Å². The maximum atomic E-state index is 13.1. The molecule has 0 radical (unpaired) electrons. The van der Waals surface area contributed by atoms with Gasteiger partial charge in [0.15, 0.2) is 5.13 Å². The topological polar surface area (TPSA) is 24.3 Å². The Balaban J connectivity index is 1.27. The third kappa shape index (κ3) is 5.53. The van der Waals surface area contributed by atoms with Crippen LogP contribution in [-0.4, -0.2) is 52.6 Å². The first kappa shape index (κ1) is 20.3. The van der Waals surface area contributed by atoms with Crippen LogP contribution in [0.1, 0.15) is 24.1 Å². The maximum Gasteiger partial charge on any atom is 0.193 e. The van der Waals surface area contributed by atoms with Gasteiger partial charge < -0.3 is 9.80 Å². The highest BCUT2D eigenvalue weighted by Gasteiger charge is 2.21. The van der Waals surface area contributed by atoms with Gasteiger partial charge in [0.05, 0.1) is 0 Å². The number of nitrogens with zero attached hydrogens (tertiary/aromatic N) is 4. The lowest BCUT2D eigenvalue weighted by molar-refractivity contribution is 0.141. The summed E-state index contributed by atoms with van der Waals surface area (Å²) in [5.41, 5.74) is 2.50. The predicted molar refractivity (Wildman–Crippen MR) is 117 cm³/mol. The molecule has 29 heavy (non-hydrogen) atoms. The van der Waals surface area contributed by atoms with Gasteiger partial charge in [-0.2, -0.15) is 0 Å². The quantitative estimate of drug-likeness (QED) is 0.546. The van der Waals surface area contributed by atoms with Crippen LogP contribution in [0.4, 0.5) is 4.39 Å². The van der Waals surface area contributed by atoms with Crippen molar-refractivity contribution in [3.8, 4) is 5.13 Å². The average Bonchev–Trinajstić information content (AvgIpc) is 3.39. The lowest BCUT2D eigenvalue weighted by Crippen LogP contribution is -2.40. The van der Waals surface area contributed by atoms with E-state index in [-0.39, 0.29) is 5.82 Å². The van der Waals surface area contributed by atoms with Crippen molar-refractivity contribution in [1.82, 2.24) is 19.4 Å². The molecule has 2 aromatic heterocycles. The van der Waals surface area contributed by atoms with Gasteiger partial charge in [0.25, 0.3) is 0 Å². The summed E-state index contributed by atoms with van der Waals surface area (Å²) in [5, 5.41) is 3.05. The van der Waals surface area contributed by atoms with Crippen molar-refractivity contribution in [1.29, 1.82) is 0 Å². The standard InChI is InChI=1S/C23H29FN4S/c1-26(18-22-5-3-13-28(22)23-25-11-15-29-23)16-20-4-2-12-27(17-20)14-10-19-6-8-21(24)9-7-19/h3,5-9,11,13,15,20H,2,4,10,12,14,16-18H2,1H3/t20-/m0/s1. The summed E-state index contributed by atoms with van der Waals surface area (Å²) >= 11 is 1.67. The van der Waals surface area contributed by atoms with Crippen molar-refractivity contribution in [2.24, 2.45) is 5.92 Å². The molecule has 4 nitrogen and oxygen atoms in total. The first-order valence-electron chi connectivity index (χ1n) is 10.4. The molecule has 0 spiro atoms. The van der Waals surface area contributed by atoms with Crippen molar-refractivity contribution in [2.75, 3.05) is 33.2 Å². The molecule has 1 atom stereocenters. The fourth-order valence-corrected chi connectivity index (χ4v) is 4.95. The maximum absolute atomic E-state index is 13.1. The molecule has 1 saturated heterocycles. The molecular formula is C23H29FN4S. The molecule has 3 heterocycles. The number of rotatable bonds is 8. The summed E-state index contributed by atoms with van der Waals surface area (Å²) in [7, 11) is 2.22. The van der Waals surface area contributed by atoms with Crippen LogP contribution in [0, 0.1) is 11.7 Å². The van der Waals surface area contributed by atoms with Crippen molar-refractivity contribution in [2.45, 2.75) is 25.8 Å². The Morgan fingerprint density at radius 2 is 2.10 bits per heavy atom. The molecule has 0 bridgehead atoms. The highest BCUT2D eigenvalue weighted by Crippen LogP contribution is 2.20. The Kier molecular flexibility index (Phi) is 6.74. The zero-order valence-electron chi connectivity index (χ0n) is 17.0. The minimum atomic E-state index is -0.157. The Morgan fingerprint density at radius 3 is 2.90 bits per heavy atom. The van der Waals surface area contributed by atoms with Crippen LogP contribution in [0.25, 0.3) is 5.13 Å². The zero-order chi connectivity index (χ0) is 20.1. The van der Waals surface area contributed by atoms with Gasteiger partial charge in [0.1, 0.15) is 5.82 Å². The number of piperidine rings is 1. The summed E-state index contributed by atoms with van der Waals surface area (Å²) in [4.78, 5) is 9.45. The molecule has 1 aliphatic heterocycles. The number of halogens is 1. The number of benzene rings is 1. The van der Waals surface area contributed by atoms with E-state index in [0.29, 0.717) is 5.92 Å². The highest BCUT2D eigenvalue weighted by molar-refractivity contribution is 7.12. The average molecular weight is 413 g/mol. The lowest BCUT2D eigenvalue weighted by Gasteiger charge is -2.34. The minimum absolute atomic E-state index is 0.157. The Labute approximate surface area is 176 Å². The number of hydrogen-bond donors (Lipinski definition) is 0. The molecule has 0 saturated carbocycles. The summed E-state index contributed by atoms with van der Waals surface area (Å²) in [6, 6.07) is 11.2. The first-order valence-corrected chi connectivity index (χ1v) is 11.3. The van der Waals surface area contributed by atoms with E-state index in [2.05, 4.69) is 44.7 Å². The van der Waals surface area contributed by atoms with Gasteiger partial charge in [-0.3, -0.25) is 4.57 Å². The summed E-state index contributed by atoms with van der Waals surface area (Å²) in [5.74, 6) is 0.543. The smallest absolute Gasteiger partial charge is 0.193 e. The van der Waals surface area contributed by atoms with E-state index in [4.69, 9.17) is 0 Å². The summed E-state index contributed by atoms with van der Waals surface area (Å²) in [6.07, 6.45) is 7.50. The fraction of sp³-hybridized carbons (Fsp3) is 0.435. The van der Waals surface area contributed by atoms with Gasteiger partial charge in [0.2, 0.25) is 0 Å². The normalized spacial score (nSPS) is 17.8. The monoisotopic (exact) mass is 412 g/mol. The summed E-state index contributed by atoms with van der Waals surface area (Å²) < 4.78 is 15.3. The van der Waals surface area contributed by atoms with Crippen LogP contribution in [-0.2, 0) is 13.0 Å². The van der Waals surface area contributed by atoms with Crippen molar-refractivity contribution >= 4 is 11.3 Å². The summed E-state index contributed by atoms with van der Waals surface area (Å²) in [6.45, 7) is 5.42. The Bertz CT molecular complexity index is 875. The second kappa shape index (κ2) is 9.65. The van der Waals surface area contributed by atoms with Crippen LogP contribution >= 0.6 is 11.3 Å². The second-order valence-corrected chi connectivity index (χ2v) is 8.94. The third-order valence-electron chi connectivity index (χ3n) is 5.69. The van der Waals surface area contributed by atoms with Gasteiger partial charge >= 0.3 is 0 Å². The SMILES string of the molecule is CN(Cc1cccn1-c1nccs1)C[C@@H]1CCCN(CCc2ccc(F)cc2)C1.